The molecule has 2 N–H and O–H groups in total. The SMILES string of the molecule is COC(=O)C(CCCCCCCCCCCCCCCCOS(=O)(=O)O)=C(C(=O)OC)C(C)C(=O)O. The van der Waals surface area contributed by atoms with Gasteiger partial charge in [-0.2, -0.15) is 8.42 Å². The lowest BCUT2D eigenvalue weighted by molar-refractivity contribution is -0.145. The van der Waals surface area contributed by atoms with E-state index in [2.05, 4.69) is 4.18 Å². The van der Waals surface area contributed by atoms with Crippen LogP contribution in [-0.2, 0) is 38.4 Å². The highest BCUT2D eigenvalue weighted by atomic mass is 32.3. The standard InChI is InChI=1S/C25H44O10S/c1-20(23(26)27)22(25(29)34-3)21(24(28)33-2)18-16-14-12-10-8-6-4-5-7-9-11-13-15-17-19-35-36(30,31)32/h20H,4-19H2,1-3H3,(H,26,27)(H,30,31,32). The molecule has 11 heteroatoms. The minimum atomic E-state index is -4.32. The molecule has 0 aliphatic carbocycles. The topological polar surface area (TPSA) is 154 Å². The molecule has 210 valence electrons. The number of carboxylic acids is 1. The van der Waals surface area contributed by atoms with E-state index in [4.69, 9.17) is 14.0 Å². The van der Waals surface area contributed by atoms with Crippen molar-refractivity contribution in [3.8, 4) is 0 Å². The van der Waals surface area contributed by atoms with Crippen LogP contribution >= 0.6 is 0 Å². The maximum atomic E-state index is 12.2. The zero-order valence-electron chi connectivity index (χ0n) is 22.0. The van der Waals surface area contributed by atoms with Gasteiger partial charge in [0, 0.05) is 5.57 Å². The van der Waals surface area contributed by atoms with E-state index in [9.17, 15) is 27.9 Å². The highest BCUT2D eigenvalue weighted by Crippen LogP contribution is 2.24. The molecule has 0 spiro atoms. The van der Waals surface area contributed by atoms with Crippen molar-refractivity contribution in [2.24, 2.45) is 5.92 Å². The first-order valence-electron chi connectivity index (χ1n) is 12.8. The number of methoxy groups -OCH3 is 2. The van der Waals surface area contributed by atoms with Gasteiger partial charge in [-0.25, -0.2) is 13.8 Å². The molecule has 0 amide bonds. The highest BCUT2D eigenvalue weighted by molar-refractivity contribution is 7.80. The fourth-order valence-corrected chi connectivity index (χ4v) is 4.28. The van der Waals surface area contributed by atoms with Crippen molar-refractivity contribution < 1.29 is 46.1 Å². The van der Waals surface area contributed by atoms with Gasteiger partial charge in [0.05, 0.1) is 32.3 Å². The number of carbonyl (C=O) groups is 3. The van der Waals surface area contributed by atoms with Crippen molar-refractivity contribution in [2.75, 3.05) is 20.8 Å². The summed E-state index contributed by atoms with van der Waals surface area (Å²) in [4.78, 5) is 35.8. The highest BCUT2D eigenvalue weighted by Gasteiger charge is 2.30. The Bertz CT molecular complexity index is 789. The quantitative estimate of drug-likeness (QED) is 0.0834. The molecule has 0 heterocycles. The first kappa shape index (κ1) is 34.0. The average molecular weight is 537 g/mol. The lowest BCUT2D eigenvalue weighted by atomic mass is 9.92. The Morgan fingerprint density at radius 1 is 0.694 bits per heavy atom. The number of hydrogen-bond acceptors (Lipinski definition) is 8. The first-order valence-corrected chi connectivity index (χ1v) is 14.2. The van der Waals surface area contributed by atoms with Crippen LogP contribution in [0.1, 0.15) is 103 Å². The van der Waals surface area contributed by atoms with Crippen molar-refractivity contribution in [3.05, 3.63) is 11.1 Å². The zero-order chi connectivity index (χ0) is 27.4. The molecule has 0 aromatic heterocycles. The Morgan fingerprint density at radius 2 is 1.08 bits per heavy atom. The molecule has 0 aromatic rings. The Hall–Kier alpha value is -1.98. The van der Waals surface area contributed by atoms with Crippen LogP contribution in [0.5, 0.6) is 0 Å². The van der Waals surface area contributed by atoms with E-state index in [1.807, 2.05) is 0 Å². The van der Waals surface area contributed by atoms with E-state index in [1.165, 1.54) is 39.7 Å². The average Bonchev–Trinajstić information content (AvgIpc) is 2.83. The molecule has 0 bridgehead atoms. The first-order chi connectivity index (χ1) is 17.0. The maximum absolute atomic E-state index is 12.2. The number of rotatable bonds is 22. The van der Waals surface area contributed by atoms with E-state index in [0.29, 0.717) is 12.8 Å². The third-order valence-corrected chi connectivity index (χ3v) is 6.48. The smallest absolute Gasteiger partial charge is 0.397 e. The molecule has 0 saturated carbocycles. The molecule has 1 atom stereocenters. The van der Waals surface area contributed by atoms with Crippen molar-refractivity contribution in [1.82, 2.24) is 0 Å². The number of carbonyl (C=O) groups excluding carboxylic acids is 2. The molecule has 0 fully saturated rings. The summed E-state index contributed by atoms with van der Waals surface area (Å²) in [7, 11) is -1.96. The largest absolute Gasteiger partial charge is 0.481 e. The van der Waals surface area contributed by atoms with E-state index in [1.54, 1.807) is 0 Å². The third kappa shape index (κ3) is 16.6. The second-order valence-corrected chi connectivity index (χ2v) is 9.98. The summed E-state index contributed by atoms with van der Waals surface area (Å²) >= 11 is 0. The van der Waals surface area contributed by atoms with E-state index < -0.39 is 34.2 Å². The summed E-state index contributed by atoms with van der Waals surface area (Å²) in [5.74, 6) is -3.90. The van der Waals surface area contributed by atoms with Crippen LogP contribution < -0.4 is 0 Å². The van der Waals surface area contributed by atoms with Gasteiger partial charge in [-0.1, -0.05) is 77.0 Å². The molecule has 0 radical (unpaired) electrons. The lowest BCUT2D eigenvalue weighted by Gasteiger charge is -2.15. The van der Waals surface area contributed by atoms with Crippen molar-refractivity contribution in [3.63, 3.8) is 0 Å². The summed E-state index contributed by atoms with van der Waals surface area (Å²) in [6, 6.07) is 0. The lowest BCUT2D eigenvalue weighted by Crippen LogP contribution is -2.24. The summed E-state index contributed by atoms with van der Waals surface area (Å²) in [5, 5.41) is 9.31. The van der Waals surface area contributed by atoms with E-state index in [-0.39, 0.29) is 24.2 Å². The molecule has 0 aromatic carbocycles. The summed E-state index contributed by atoms with van der Waals surface area (Å²) in [6.45, 7) is 1.38. The minimum Gasteiger partial charge on any atom is -0.481 e. The molecule has 0 aliphatic rings. The third-order valence-electron chi connectivity index (χ3n) is 6.02. The summed E-state index contributed by atoms with van der Waals surface area (Å²) < 4.78 is 43.0. The van der Waals surface area contributed by atoms with Gasteiger partial charge in [-0.05, 0) is 26.2 Å². The summed E-state index contributed by atoms with van der Waals surface area (Å²) in [5.41, 5.74) is -0.0753. The number of aliphatic carboxylic acids is 1. The van der Waals surface area contributed by atoms with Crippen LogP contribution in [0.15, 0.2) is 11.1 Å². The zero-order valence-corrected chi connectivity index (χ0v) is 22.8. The Balaban J connectivity index is 4.01. The van der Waals surface area contributed by atoms with Crippen LogP contribution in [0.2, 0.25) is 0 Å². The van der Waals surface area contributed by atoms with Crippen molar-refractivity contribution >= 4 is 28.3 Å². The molecule has 10 nitrogen and oxygen atoms in total. The Morgan fingerprint density at radius 3 is 1.44 bits per heavy atom. The van der Waals surface area contributed by atoms with Crippen LogP contribution in [0.3, 0.4) is 0 Å². The van der Waals surface area contributed by atoms with Crippen LogP contribution in [-0.4, -0.2) is 56.8 Å². The van der Waals surface area contributed by atoms with Gasteiger partial charge < -0.3 is 14.6 Å². The van der Waals surface area contributed by atoms with Gasteiger partial charge in [-0.15, -0.1) is 0 Å². The molecule has 1 unspecified atom stereocenters. The van der Waals surface area contributed by atoms with Crippen LogP contribution in [0.4, 0.5) is 0 Å². The van der Waals surface area contributed by atoms with Crippen LogP contribution in [0.25, 0.3) is 0 Å². The monoisotopic (exact) mass is 536 g/mol. The molecule has 0 saturated heterocycles. The number of esters is 2. The molecular formula is C25H44O10S. The number of ether oxygens (including phenoxy) is 2. The Labute approximate surface area is 215 Å². The number of carboxylic acid groups (broad SMARTS) is 1. The van der Waals surface area contributed by atoms with Gasteiger partial charge in [0.2, 0.25) is 0 Å². The van der Waals surface area contributed by atoms with Crippen molar-refractivity contribution in [1.29, 1.82) is 0 Å². The molecule has 0 rings (SSSR count). The second-order valence-electron chi connectivity index (χ2n) is 8.88. The van der Waals surface area contributed by atoms with E-state index in [0.717, 1.165) is 58.5 Å². The van der Waals surface area contributed by atoms with Gasteiger partial charge in [-0.3, -0.25) is 9.35 Å². The second kappa shape index (κ2) is 20.1. The maximum Gasteiger partial charge on any atom is 0.397 e. The summed E-state index contributed by atoms with van der Waals surface area (Å²) in [6.07, 6.45) is 14.5. The van der Waals surface area contributed by atoms with Crippen LogP contribution in [0, 0.1) is 5.92 Å². The normalized spacial score (nSPS) is 13.1. The number of unbranched alkanes of at least 4 members (excludes halogenated alkanes) is 13. The van der Waals surface area contributed by atoms with Gasteiger partial charge in [0.15, 0.2) is 0 Å². The Kier molecular flexibility index (Phi) is 19.0. The van der Waals surface area contributed by atoms with Crippen molar-refractivity contribution in [2.45, 2.75) is 103 Å². The molecule has 0 aliphatic heterocycles. The van der Waals surface area contributed by atoms with E-state index >= 15 is 0 Å². The predicted molar refractivity (Wildman–Crippen MR) is 135 cm³/mol. The molecule has 36 heavy (non-hydrogen) atoms. The molecular weight excluding hydrogens is 492 g/mol. The van der Waals surface area contributed by atoms with Gasteiger partial charge in [0.1, 0.15) is 0 Å². The fourth-order valence-electron chi connectivity index (χ4n) is 3.95. The van der Waals surface area contributed by atoms with Gasteiger partial charge in [0.25, 0.3) is 0 Å². The number of hydrogen-bond donors (Lipinski definition) is 2. The fraction of sp³-hybridized carbons (Fsp3) is 0.800. The van der Waals surface area contributed by atoms with Gasteiger partial charge >= 0.3 is 28.3 Å². The predicted octanol–water partition coefficient (Wildman–Crippen LogP) is 5.02. The minimum absolute atomic E-state index is 0.0282.